The fourth-order valence-corrected chi connectivity index (χ4v) is 6.48. The molecule has 1 fully saturated rings. The molecule has 20 heteroatoms. The van der Waals surface area contributed by atoms with Gasteiger partial charge in [-0.1, -0.05) is 32.8 Å². The van der Waals surface area contributed by atoms with E-state index in [0.717, 1.165) is 30.6 Å². The van der Waals surface area contributed by atoms with Gasteiger partial charge >= 0.3 is 5.97 Å². The summed E-state index contributed by atoms with van der Waals surface area (Å²) in [6.45, 7) is 14.4. The highest BCUT2D eigenvalue weighted by Crippen LogP contribution is 2.32. The maximum absolute atomic E-state index is 13.2. The number of hydrogen-bond donors (Lipinski definition) is 2. The van der Waals surface area contributed by atoms with Crippen molar-refractivity contribution in [3.8, 4) is 0 Å². The lowest BCUT2D eigenvalue weighted by molar-refractivity contribution is -0.150. The van der Waals surface area contributed by atoms with Crippen molar-refractivity contribution in [2.24, 2.45) is 5.92 Å². The Morgan fingerprint density at radius 3 is 1.46 bits per heavy atom. The number of amides is 4. The van der Waals surface area contributed by atoms with Crippen LogP contribution >= 0.6 is 0 Å². The maximum atomic E-state index is 13.2. The van der Waals surface area contributed by atoms with E-state index in [2.05, 4.69) is 17.6 Å². The summed E-state index contributed by atoms with van der Waals surface area (Å²) in [5.41, 5.74) is 0.896. The van der Waals surface area contributed by atoms with Gasteiger partial charge in [-0.3, -0.25) is 34.2 Å². The molecule has 1 aromatic rings. The highest BCUT2D eigenvalue weighted by Gasteiger charge is 2.45. The zero-order valence-electron chi connectivity index (χ0n) is 38.5. The van der Waals surface area contributed by atoms with Crippen molar-refractivity contribution < 1.29 is 80.8 Å². The molecule has 0 bridgehead atoms. The summed E-state index contributed by atoms with van der Waals surface area (Å²) in [5.74, 6) is -2.33. The first-order valence-electron chi connectivity index (χ1n) is 23.0. The molecule has 4 amide bonds. The number of ether oxygens (including phenoxy) is 12. The summed E-state index contributed by atoms with van der Waals surface area (Å²) in [4.78, 5) is 63.0. The fourth-order valence-electron chi connectivity index (χ4n) is 6.48. The molecular formula is C45H73N3O17. The summed E-state index contributed by atoms with van der Waals surface area (Å²) in [6.07, 6.45) is 3.95. The zero-order chi connectivity index (χ0) is 46.6. The third-order valence-corrected chi connectivity index (χ3v) is 9.95. The molecule has 0 radical (unpaired) electrons. The van der Waals surface area contributed by atoms with Gasteiger partial charge in [0.05, 0.1) is 162 Å². The molecule has 1 aromatic carbocycles. The first-order chi connectivity index (χ1) is 31.9. The number of carbonyl (C=O) groups excluding carboxylic acids is 5. The van der Waals surface area contributed by atoms with E-state index >= 15 is 0 Å². The molecule has 1 saturated heterocycles. The van der Waals surface area contributed by atoms with Crippen LogP contribution in [0.1, 0.15) is 73.1 Å². The predicted molar refractivity (Wildman–Crippen MR) is 235 cm³/mol. The van der Waals surface area contributed by atoms with Gasteiger partial charge in [0.1, 0.15) is 12.6 Å². The van der Waals surface area contributed by atoms with Gasteiger partial charge in [-0.05, 0) is 31.4 Å². The molecule has 3 rings (SSSR count). The number of benzene rings is 1. The number of nitrogens with one attached hydrogen (secondary N) is 2. The molecule has 2 heterocycles. The lowest BCUT2D eigenvalue weighted by Crippen LogP contribution is -2.54. The number of unbranched alkanes of at least 4 members (excludes halogenated alkanes) is 1. The van der Waals surface area contributed by atoms with Gasteiger partial charge in [0.25, 0.3) is 11.8 Å². The Morgan fingerprint density at radius 1 is 0.615 bits per heavy atom. The first kappa shape index (κ1) is 55.7. The van der Waals surface area contributed by atoms with E-state index in [4.69, 9.17) is 56.8 Å². The Hall–Kier alpha value is -3.67. The molecular weight excluding hydrogens is 854 g/mol. The van der Waals surface area contributed by atoms with Gasteiger partial charge < -0.3 is 62.2 Å². The Bertz CT molecular complexity index is 1490. The molecule has 0 saturated carbocycles. The lowest BCUT2D eigenvalue weighted by Gasteiger charge is -2.27. The number of esters is 1. The number of piperidine rings is 1. The Morgan fingerprint density at radius 2 is 1.05 bits per heavy atom. The van der Waals surface area contributed by atoms with Crippen molar-refractivity contribution in [1.82, 2.24) is 10.2 Å². The van der Waals surface area contributed by atoms with Crippen molar-refractivity contribution in [1.29, 1.82) is 0 Å². The van der Waals surface area contributed by atoms with E-state index in [9.17, 15) is 24.0 Å². The minimum atomic E-state index is -1.02. The second kappa shape index (κ2) is 36.4. The van der Waals surface area contributed by atoms with E-state index in [1.54, 1.807) is 18.2 Å². The molecule has 370 valence electrons. The van der Waals surface area contributed by atoms with Crippen LogP contribution in [0.4, 0.5) is 5.69 Å². The van der Waals surface area contributed by atoms with E-state index in [1.807, 2.05) is 6.92 Å². The number of nitrogens with zero attached hydrogens (tertiary/aromatic N) is 1. The molecule has 0 spiro atoms. The van der Waals surface area contributed by atoms with Gasteiger partial charge in [-0.25, -0.2) is 0 Å². The Balaban J connectivity index is 0.965. The van der Waals surface area contributed by atoms with Crippen LogP contribution in [0.25, 0.3) is 0 Å². The summed E-state index contributed by atoms with van der Waals surface area (Å²) < 4.78 is 65.9. The van der Waals surface area contributed by atoms with Crippen LogP contribution < -0.4 is 10.6 Å². The molecule has 2 aliphatic rings. The molecule has 65 heavy (non-hydrogen) atoms. The summed E-state index contributed by atoms with van der Waals surface area (Å²) >= 11 is 0. The van der Waals surface area contributed by atoms with Crippen molar-refractivity contribution in [2.45, 2.75) is 58.4 Å². The number of fused-ring (bicyclic) bond motifs is 1. The van der Waals surface area contributed by atoms with E-state index in [-0.39, 0.29) is 42.5 Å². The van der Waals surface area contributed by atoms with Gasteiger partial charge in [0.15, 0.2) is 0 Å². The van der Waals surface area contributed by atoms with Crippen LogP contribution in [0.15, 0.2) is 18.2 Å². The highest BCUT2D eigenvalue weighted by molar-refractivity contribution is 6.25. The smallest absolute Gasteiger partial charge is 0.308 e. The summed E-state index contributed by atoms with van der Waals surface area (Å²) in [6, 6.07) is 3.89. The van der Waals surface area contributed by atoms with E-state index in [0.29, 0.717) is 158 Å². The number of hydrogen-bond acceptors (Lipinski definition) is 18. The number of imide groups is 2. The third kappa shape index (κ3) is 23.6. The van der Waals surface area contributed by atoms with Crippen LogP contribution in [-0.2, 0) is 71.2 Å². The van der Waals surface area contributed by atoms with Crippen molar-refractivity contribution in [2.75, 3.05) is 164 Å². The van der Waals surface area contributed by atoms with Crippen LogP contribution in [0.2, 0.25) is 0 Å². The topological polar surface area (TPSA) is 223 Å². The maximum Gasteiger partial charge on any atom is 0.308 e. The fraction of sp³-hybridized carbons (Fsp3) is 0.756. The van der Waals surface area contributed by atoms with Crippen molar-refractivity contribution in [3.63, 3.8) is 0 Å². The van der Waals surface area contributed by atoms with Crippen LogP contribution in [0.3, 0.4) is 0 Å². The SMILES string of the molecule is CCCCC(CC)C(=O)OCCOCCOCCOCCOCCOCCOCCOCCOCCOCCOCCOCCNc1cccc2c1C(=O)N(C1CCC(=O)NC1=O)C2=O. The molecule has 2 aliphatic heterocycles. The molecule has 0 aliphatic carbocycles. The predicted octanol–water partition coefficient (Wildman–Crippen LogP) is 2.44. The first-order valence-corrected chi connectivity index (χ1v) is 23.0. The van der Waals surface area contributed by atoms with Gasteiger partial charge in [-0.15, -0.1) is 0 Å². The largest absolute Gasteiger partial charge is 0.463 e. The lowest BCUT2D eigenvalue weighted by atomic mass is 10.00. The van der Waals surface area contributed by atoms with Crippen molar-refractivity contribution in [3.05, 3.63) is 29.3 Å². The third-order valence-electron chi connectivity index (χ3n) is 9.95. The highest BCUT2D eigenvalue weighted by atomic mass is 16.6. The molecule has 2 unspecified atom stereocenters. The Kier molecular flexibility index (Phi) is 31.2. The van der Waals surface area contributed by atoms with Gasteiger partial charge in [-0.2, -0.15) is 0 Å². The van der Waals surface area contributed by atoms with E-state index < -0.39 is 29.7 Å². The average molecular weight is 928 g/mol. The molecule has 2 atom stereocenters. The molecule has 20 nitrogen and oxygen atoms in total. The number of anilines is 1. The normalized spacial score (nSPS) is 15.4. The average Bonchev–Trinajstić information content (AvgIpc) is 3.56. The quantitative estimate of drug-likeness (QED) is 0.0545. The molecule has 2 N–H and O–H groups in total. The monoisotopic (exact) mass is 927 g/mol. The van der Waals surface area contributed by atoms with Gasteiger partial charge in [0, 0.05) is 18.7 Å². The number of rotatable bonds is 43. The second-order valence-electron chi connectivity index (χ2n) is 14.8. The summed E-state index contributed by atoms with van der Waals surface area (Å²) in [7, 11) is 0. The Labute approximate surface area is 383 Å². The van der Waals surface area contributed by atoms with Crippen LogP contribution in [0.5, 0.6) is 0 Å². The number of carbonyl (C=O) groups is 5. The zero-order valence-corrected chi connectivity index (χ0v) is 38.5. The molecule has 0 aromatic heterocycles. The van der Waals surface area contributed by atoms with Crippen LogP contribution in [-0.4, -0.2) is 199 Å². The minimum absolute atomic E-state index is 0.0173. The standard InChI is InChI=1S/C45H73N3O17/c1-3-5-7-36(4-2)45(53)65-35-34-64-33-32-63-31-30-62-29-28-61-27-26-60-25-24-59-23-22-58-21-20-57-19-18-56-17-16-55-15-14-54-13-12-46-38-9-6-8-37-41(38)44(52)48(43(37)51)39-10-11-40(49)47-42(39)50/h6,8-9,36,39,46H,3-5,7,10-35H2,1-2H3,(H,47,49,50). The van der Waals surface area contributed by atoms with Crippen molar-refractivity contribution >= 4 is 35.3 Å². The van der Waals surface area contributed by atoms with Gasteiger partial charge in [0.2, 0.25) is 11.8 Å². The summed E-state index contributed by atoms with van der Waals surface area (Å²) in [5, 5.41) is 5.33. The van der Waals surface area contributed by atoms with E-state index in [1.165, 1.54) is 0 Å². The van der Waals surface area contributed by atoms with Crippen LogP contribution in [0, 0.1) is 5.92 Å². The second-order valence-corrected chi connectivity index (χ2v) is 14.8. The minimum Gasteiger partial charge on any atom is -0.463 e.